The zero-order valence-electron chi connectivity index (χ0n) is 12.9. The molecule has 0 N–H and O–H groups in total. The molecule has 0 amide bonds. The van der Waals surface area contributed by atoms with Gasteiger partial charge in [-0.2, -0.15) is 0 Å². The van der Waals surface area contributed by atoms with Crippen molar-refractivity contribution >= 4 is 11.3 Å². The Hall–Kier alpha value is -1.17. The number of thiophene rings is 1. The number of hydrogen-bond donors (Lipinski definition) is 0. The van der Waals surface area contributed by atoms with Crippen molar-refractivity contribution in [3.8, 4) is 0 Å². The lowest BCUT2D eigenvalue weighted by Crippen LogP contribution is -2.51. The second kappa shape index (κ2) is 6.73. The molecule has 1 atom stereocenters. The maximum Gasteiger partial charge on any atom is 0.122 e. The van der Waals surface area contributed by atoms with Crippen molar-refractivity contribution in [1.82, 2.24) is 19.4 Å². The van der Waals surface area contributed by atoms with Gasteiger partial charge in [-0.1, -0.05) is 6.07 Å². The number of hydrogen-bond acceptors (Lipinski definition) is 4. The van der Waals surface area contributed by atoms with Gasteiger partial charge in [-0.25, -0.2) is 4.98 Å². The summed E-state index contributed by atoms with van der Waals surface area (Å²) in [7, 11) is 2.07. The van der Waals surface area contributed by atoms with E-state index < -0.39 is 0 Å². The van der Waals surface area contributed by atoms with Gasteiger partial charge in [0.1, 0.15) is 5.82 Å². The predicted octanol–water partition coefficient (Wildman–Crippen LogP) is 2.23. The minimum Gasteiger partial charge on any atom is -0.337 e. The standard InChI is InChI=1S/C16H24N4S/c1-14-12-19(7-5-15-4-3-11-21-15)9-10-20(14)13-16-17-6-8-18(16)2/h3-4,6,8,11,14H,5,7,9-10,12-13H2,1-2H3/t14-/m1/s1. The van der Waals surface area contributed by atoms with Gasteiger partial charge in [0, 0.05) is 56.5 Å². The van der Waals surface area contributed by atoms with Crippen molar-refractivity contribution in [3.63, 3.8) is 0 Å². The fraction of sp³-hybridized carbons (Fsp3) is 0.562. The molecule has 3 heterocycles. The van der Waals surface area contributed by atoms with E-state index >= 15 is 0 Å². The van der Waals surface area contributed by atoms with Gasteiger partial charge < -0.3 is 9.47 Å². The van der Waals surface area contributed by atoms with Crippen LogP contribution < -0.4 is 0 Å². The molecule has 114 valence electrons. The van der Waals surface area contributed by atoms with Crippen molar-refractivity contribution in [1.29, 1.82) is 0 Å². The van der Waals surface area contributed by atoms with Crippen LogP contribution in [0.15, 0.2) is 29.9 Å². The Balaban J connectivity index is 1.48. The van der Waals surface area contributed by atoms with Crippen LogP contribution in [-0.2, 0) is 20.0 Å². The van der Waals surface area contributed by atoms with Gasteiger partial charge in [-0.15, -0.1) is 11.3 Å². The zero-order valence-corrected chi connectivity index (χ0v) is 13.7. The number of rotatable bonds is 5. The normalized spacial score (nSPS) is 21.0. The molecular weight excluding hydrogens is 280 g/mol. The number of aromatic nitrogens is 2. The minimum atomic E-state index is 0.596. The number of piperazine rings is 1. The Kier molecular flexibility index (Phi) is 4.73. The SMILES string of the molecule is C[C@@H]1CN(CCc2cccs2)CCN1Cc1nccn1C. The fourth-order valence-corrected chi connectivity index (χ4v) is 3.66. The Morgan fingerprint density at radius 3 is 2.95 bits per heavy atom. The summed E-state index contributed by atoms with van der Waals surface area (Å²) in [6.45, 7) is 7.94. The lowest BCUT2D eigenvalue weighted by molar-refractivity contribution is 0.0759. The van der Waals surface area contributed by atoms with Gasteiger partial charge in [0.15, 0.2) is 0 Å². The van der Waals surface area contributed by atoms with Crippen LogP contribution in [-0.4, -0.2) is 51.6 Å². The van der Waals surface area contributed by atoms with Crippen LogP contribution >= 0.6 is 11.3 Å². The van der Waals surface area contributed by atoms with Crippen LogP contribution in [0, 0.1) is 0 Å². The molecule has 0 aromatic carbocycles. The third-order valence-corrected chi connectivity index (χ3v) is 5.31. The highest BCUT2D eigenvalue weighted by molar-refractivity contribution is 7.09. The largest absolute Gasteiger partial charge is 0.337 e. The molecule has 21 heavy (non-hydrogen) atoms. The first-order chi connectivity index (χ1) is 10.2. The van der Waals surface area contributed by atoms with E-state index in [1.807, 2.05) is 23.7 Å². The molecule has 1 aliphatic rings. The van der Waals surface area contributed by atoms with Gasteiger partial charge in [-0.05, 0) is 24.8 Å². The second-order valence-electron chi connectivity index (χ2n) is 5.90. The highest BCUT2D eigenvalue weighted by Crippen LogP contribution is 2.15. The van der Waals surface area contributed by atoms with Gasteiger partial charge in [0.25, 0.3) is 0 Å². The van der Waals surface area contributed by atoms with Crippen molar-refractivity contribution in [2.75, 3.05) is 26.2 Å². The predicted molar refractivity (Wildman–Crippen MR) is 87.5 cm³/mol. The molecule has 5 heteroatoms. The van der Waals surface area contributed by atoms with Crippen molar-refractivity contribution in [2.24, 2.45) is 7.05 Å². The summed E-state index contributed by atoms with van der Waals surface area (Å²) in [6, 6.07) is 4.98. The smallest absolute Gasteiger partial charge is 0.122 e. The van der Waals surface area contributed by atoms with E-state index in [9.17, 15) is 0 Å². The molecule has 0 spiro atoms. The maximum atomic E-state index is 4.44. The van der Waals surface area contributed by atoms with E-state index in [0.717, 1.165) is 25.5 Å². The highest BCUT2D eigenvalue weighted by atomic mass is 32.1. The summed E-state index contributed by atoms with van der Waals surface area (Å²) in [5.41, 5.74) is 0. The van der Waals surface area contributed by atoms with E-state index in [-0.39, 0.29) is 0 Å². The van der Waals surface area contributed by atoms with Gasteiger partial charge >= 0.3 is 0 Å². The Bertz CT molecular complexity index is 548. The second-order valence-corrected chi connectivity index (χ2v) is 6.94. The first kappa shape index (κ1) is 14.8. The highest BCUT2D eigenvalue weighted by Gasteiger charge is 2.24. The molecule has 0 saturated carbocycles. The lowest BCUT2D eigenvalue weighted by Gasteiger charge is -2.39. The molecule has 3 rings (SSSR count). The molecule has 2 aromatic heterocycles. The number of nitrogens with zero attached hydrogens (tertiary/aromatic N) is 4. The van der Waals surface area contributed by atoms with Gasteiger partial charge in [0.2, 0.25) is 0 Å². The van der Waals surface area contributed by atoms with Gasteiger partial charge in [0.05, 0.1) is 6.54 Å². The first-order valence-corrected chi connectivity index (χ1v) is 8.55. The molecular formula is C16H24N4S. The lowest BCUT2D eigenvalue weighted by atomic mass is 10.1. The van der Waals surface area contributed by atoms with Gasteiger partial charge in [-0.3, -0.25) is 4.90 Å². The van der Waals surface area contributed by atoms with Crippen LogP contribution in [0.5, 0.6) is 0 Å². The summed E-state index contributed by atoms with van der Waals surface area (Å²) in [5, 5.41) is 2.17. The average Bonchev–Trinajstić information content (AvgIpc) is 3.12. The maximum absolute atomic E-state index is 4.44. The van der Waals surface area contributed by atoms with Crippen molar-refractivity contribution < 1.29 is 0 Å². The monoisotopic (exact) mass is 304 g/mol. The first-order valence-electron chi connectivity index (χ1n) is 7.67. The Labute approximate surface area is 131 Å². The zero-order chi connectivity index (χ0) is 14.7. The van der Waals surface area contributed by atoms with Crippen LogP contribution in [0.3, 0.4) is 0 Å². The minimum absolute atomic E-state index is 0.596. The number of imidazole rings is 1. The quantitative estimate of drug-likeness (QED) is 0.846. The molecule has 0 aliphatic carbocycles. The van der Waals surface area contributed by atoms with E-state index in [1.165, 1.54) is 24.4 Å². The summed E-state index contributed by atoms with van der Waals surface area (Å²) >= 11 is 1.87. The van der Waals surface area contributed by atoms with E-state index in [4.69, 9.17) is 0 Å². The third kappa shape index (κ3) is 3.73. The van der Waals surface area contributed by atoms with E-state index in [2.05, 4.69) is 50.8 Å². The molecule has 1 saturated heterocycles. The summed E-state index contributed by atoms with van der Waals surface area (Å²) in [6.07, 6.45) is 5.10. The fourth-order valence-electron chi connectivity index (χ4n) is 2.96. The molecule has 2 aromatic rings. The third-order valence-electron chi connectivity index (χ3n) is 4.37. The van der Waals surface area contributed by atoms with Crippen molar-refractivity contribution in [2.45, 2.75) is 25.9 Å². The van der Waals surface area contributed by atoms with Crippen LogP contribution in [0.4, 0.5) is 0 Å². The molecule has 0 unspecified atom stereocenters. The summed E-state index contributed by atoms with van der Waals surface area (Å²) < 4.78 is 2.12. The molecule has 0 bridgehead atoms. The van der Waals surface area contributed by atoms with Crippen LogP contribution in [0.25, 0.3) is 0 Å². The van der Waals surface area contributed by atoms with E-state index in [0.29, 0.717) is 6.04 Å². The Morgan fingerprint density at radius 1 is 1.38 bits per heavy atom. The molecule has 4 nitrogen and oxygen atoms in total. The van der Waals surface area contributed by atoms with E-state index in [1.54, 1.807) is 0 Å². The number of aryl methyl sites for hydroxylation is 1. The van der Waals surface area contributed by atoms with Crippen LogP contribution in [0.2, 0.25) is 0 Å². The summed E-state index contributed by atoms with van der Waals surface area (Å²) in [4.78, 5) is 11.1. The van der Waals surface area contributed by atoms with Crippen molar-refractivity contribution in [3.05, 3.63) is 40.6 Å². The summed E-state index contributed by atoms with van der Waals surface area (Å²) in [5.74, 6) is 1.16. The van der Waals surface area contributed by atoms with Crippen LogP contribution in [0.1, 0.15) is 17.6 Å². The average molecular weight is 304 g/mol. The Morgan fingerprint density at radius 2 is 2.29 bits per heavy atom. The molecule has 0 radical (unpaired) electrons. The molecule has 1 aliphatic heterocycles. The molecule has 1 fully saturated rings. The topological polar surface area (TPSA) is 24.3 Å².